The number of hydrogen-bond acceptors (Lipinski definition) is 3. The van der Waals surface area contributed by atoms with E-state index in [2.05, 4.69) is 0 Å². The number of ether oxygens (including phenoxy) is 1. The van der Waals surface area contributed by atoms with Crippen LogP contribution in [0, 0.1) is 0 Å². The van der Waals surface area contributed by atoms with Crippen molar-refractivity contribution in [3.8, 4) is 0 Å². The molecule has 1 atom stereocenters. The van der Waals surface area contributed by atoms with E-state index in [0.717, 1.165) is 32.5 Å². The molecule has 0 spiro atoms. The highest BCUT2D eigenvalue weighted by Crippen LogP contribution is 2.09. The third-order valence-corrected chi connectivity index (χ3v) is 2.46. The van der Waals surface area contributed by atoms with Crippen molar-refractivity contribution in [1.82, 2.24) is 4.90 Å². The molecule has 14 heavy (non-hydrogen) atoms. The van der Waals surface area contributed by atoms with Gasteiger partial charge in [-0.1, -0.05) is 0 Å². The van der Waals surface area contributed by atoms with Crippen LogP contribution < -0.4 is 5.73 Å². The molecule has 0 radical (unpaired) electrons. The van der Waals surface area contributed by atoms with Gasteiger partial charge in [-0.15, -0.1) is 0 Å². The van der Waals surface area contributed by atoms with E-state index >= 15 is 0 Å². The van der Waals surface area contributed by atoms with E-state index in [-0.39, 0.29) is 11.9 Å². The Labute approximate surface area is 85.4 Å². The van der Waals surface area contributed by atoms with E-state index in [0.29, 0.717) is 13.0 Å². The molecule has 1 rings (SSSR count). The minimum Gasteiger partial charge on any atom is -0.382 e. The van der Waals surface area contributed by atoms with Gasteiger partial charge in [0.25, 0.3) is 0 Å². The molecule has 1 unspecified atom stereocenters. The molecule has 82 valence electrons. The van der Waals surface area contributed by atoms with Crippen LogP contribution >= 0.6 is 0 Å². The van der Waals surface area contributed by atoms with Gasteiger partial charge < -0.3 is 15.4 Å². The molecule has 0 bridgehead atoms. The number of carbonyl (C=O) groups excluding carboxylic acids is 1. The van der Waals surface area contributed by atoms with Gasteiger partial charge in [-0.3, -0.25) is 4.79 Å². The summed E-state index contributed by atoms with van der Waals surface area (Å²) in [6, 6.07) is 0.186. The van der Waals surface area contributed by atoms with Crippen molar-refractivity contribution in [2.24, 2.45) is 5.73 Å². The number of hydrogen-bond donors (Lipinski definition) is 1. The van der Waals surface area contributed by atoms with Crippen molar-refractivity contribution in [3.05, 3.63) is 0 Å². The van der Waals surface area contributed by atoms with Crippen LogP contribution in [0.25, 0.3) is 0 Å². The SMILES string of the molecule is CCOCCCC(=O)N1CCC(N)C1. The first-order valence-corrected chi connectivity index (χ1v) is 5.35. The number of likely N-dealkylation sites (tertiary alicyclic amines) is 1. The highest BCUT2D eigenvalue weighted by atomic mass is 16.5. The van der Waals surface area contributed by atoms with Gasteiger partial charge in [-0.2, -0.15) is 0 Å². The van der Waals surface area contributed by atoms with E-state index < -0.39 is 0 Å². The first-order chi connectivity index (χ1) is 6.74. The number of carbonyl (C=O) groups is 1. The van der Waals surface area contributed by atoms with Gasteiger partial charge >= 0.3 is 0 Å². The summed E-state index contributed by atoms with van der Waals surface area (Å²) in [4.78, 5) is 13.4. The van der Waals surface area contributed by atoms with Gasteiger partial charge in [0.2, 0.25) is 5.91 Å². The molecule has 1 heterocycles. The molecule has 0 aromatic heterocycles. The Hall–Kier alpha value is -0.610. The Morgan fingerprint density at radius 2 is 2.43 bits per heavy atom. The Kier molecular flexibility index (Phi) is 4.90. The first-order valence-electron chi connectivity index (χ1n) is 5.35. The fraction of sp³-hybridized carbons (Fsp3) is 0.900. The van der Waals surface area contributed by atoms with Crippen LogP contribution in [0.15, 0.2) is 0 Å². The van der Waals surface area contributed by atoms with Gasteiger partial charge in [0.1, 0.15) is 0 Å². The molecule has 0 aromatic carbocycles. The summed E-state index contributed by atoms with van der Waals surface area (Å²) in [5.41, 5.74) is 5.72. The fourth-order valence-electron chi connectivity index (χ4n) is 1.64. The Morgan fingerprint density at radius 1 is 1.64 bits per heavy atom. The molecule has 0 aromatic rings. The monoisotopic (exact) mass is 200 g/mol. The fourth-order valence-corrected chi connectivity index (χ4v) is 1.64. The predicted octanol–water partition coefficient (Wildman–Crippen LogP) is 0.363. The molecule has 2 N–H and O–H groups in total. The summed E-state index contributed by atoms with van der Waals surface area (Å²) in [6.45, 7) is 4.92. The van der Waals surface area contributed by atoms with E-state index in [9.17, 15) is 4.79 Å². The van der Waals surface area contributed by atoms with E-state index in [1.807, 2.05) is 11.8 Å². The van der Waals surface area contributed by atoms with E-state index in [1.54, 1.807) is 0 Å². The van der Waals surface area contributed by atoms with Crippen LogP contribution in [0.3, 0.4) is 0 Å². The van der Waals surface area contributed by atoms with E-state index in [1.165, 1.54) is 0 Å². The molecular weight excluding hydrogens is 180 g/mol. The van der Waals surface area contributed by atoms with Crippen molar-refractivity contribution in [3.63, 3.8) is 0 Å². The number of rotatable bonds is 5. The Bertz CT molecular complexity index is 185. The lowest BCUT2D eigenvalue weighted by molar-refractivity contribution is -0.130. The molecule has 4 nitrogen and oxygen atoms in total. The maximum atomic E-state index is 11.6. The zero-order valence-corrected chi connectivity index (χ0v) is 8.87. The average molecular weight is 200 g/mol. The maximum Gasteiger partial charge on any atom is 0.222 e. The largest absolute Gasteiger partial charge is 0.382 e. The van der Waals surface area contributed by atoms with Crippen LogP contribution in [0.5, 0.6) is 0 Å². The van der Waals surface area contributed by atoms with Gasteiger partial charge in [0, 0.05) is 38.8 Å². The van der Waals surface area contributed by atoms with Crippen molar-refractivity contribution in [1.29, 1.82) is 0 Å². The lowest BCUT2D eigenvalue weighted by Gasteiger charge is -2.15. The van der Waals surface area contributed by atoms with Gasteiger partial charge in [-0.25, -0.2) is 0 Å². The van der Waals surface area contributed by atoms with Crippen LogP contribution in [0.4, 0.5) is 0 Å². The summed E-state index contributed by atoms with van der Waals surface area (Å²) in [5.74, 6) is 0.220. The second-order valence-corrected chi connectivity index (χ2v) is 3.69. The highest BCUT2D eigenvalue weighted by molar-refractivity contribution is 5.76. The lowest BCUT2D eigenvalue weighted by Crippen LogP contribution is -2.31. The summed E-state index contributed by atoms with van der Waals surface area (Å²) < 4.78 is 5.17. The minimum absolute atomic E-state index is 0.186. The Balaban J connectivity index is 2.09. The number of amides is 1. The van der Waals surface area contributed by atoms with Crippen molar-refractivity contribution in [2.45, 2.75) is 32.2 Å². The Morgan fingerprint density at radius 3 is 3.00 bits per heavy atom. The summed E-state index contributed by atoms with van der Waals surface area (Å²) in [5, 5.41) is 0. The molecular formula is C10H20N2O2. The standard InChI is InChI=1S/C10H20N2O2/c1-2-14-7-3-4-10(13)12-6-5-9(11)8-12/h9H,2-8,11H2,1H3. The first kappa shape index (κ1) is 11.5. The zero-order valence-electron chi connectivity index (χ0n) is 8.87. The third-order valence-electron chi connectivity index (χ3n) is 2.46. The van der Waals surface area contributed by atoms with E-state index in [4.69, 9.17) is 10.5 Å². The van der Waals surface area contributed by atoms with Crippen LogP contribution in [-0.2, 0) is 9.53 Å². The topological polar surface area (TPSA) is 55.6 Å². The molecule has 1 saturated heterocycles. The molecule has 4 heteroatoms. The summed E-state index contributed by atoms with van der Waals surface area (Å²) in [6.07, 6.45) is 2.35. The molecule has 0 aliphatic carbocycles. The number of nitrogens with zero attached hydrogens (tertiary/aromatic N) is 1. The molecule has 1 fully saturated rings. The van der Waals surface area contributed by atoms with Gasteiger partial charge in [0.05, 0.1) is 0 Å². The molecule has 1 amide bonds. The number of nitrogens with two attached hydrogens (primary N) is 1. The van der Waals surface area contributed by atoms with Gasteiger partial charge in [-0.05, 0) is 19.8 Å². The molecule has 0 saturated carbocycles. The van der Waals surface area contributed by atoms with Crippen LogP contribution in [-0.4, -0.2) is 43.2 Å². The van der Waals surface area contributed by atoms with Crippen molar-refractivity contribution < 1.29 is 9.53 Å². The van der Waals surface area contributed by atoms with Crippen molar-refractivity contribution >= 4 is 5.91 Å². The van der Waals surface area contributed by atoms with Crippen LogP contribution in [0.1, 0.15) is 26.2 Å². The zero-order chi connectivity index (χ0) is 10.4. The normalized spacial score (nSPS) is 21.6. The highest BCUT2D eigenvalue weighted by Gasteiger charge is 2.22. The summed E-state index contributed by atoms with van der Waals surface area (Å²) >= 11 is 0. The summed E-state index contributed by atoms with van der Waals surface area (Å²) in [7, 11) is 0. The average Bonchev–Trinajstić information content (AvgIpc) is 2.59. The van der Waals surface area contributed by atoms with Gasteiger partial charge in [0.15, 0.2) is 0 Å². The second kappa shape index (κ2) is 5.98. The smallest absolute Gasteiger partial charge is 0.222 e. The molecule has 1 aliphatic rings. The van der Waals surface area contributed by atoms with Crippen LogP contribution in [0.2, 0.25) is 0 Å². The minimum atomic E-state index is 0.186. The third kappa shape index (κ3) is 3.64. The lowest BCUT2D eigenvalue weighted by atomic mass is 10.3. The molecule has 1 aliphatic heterocycles. The predicted molar refractivity (Wildman–Crippen MR) is 54.9 cm³/mol. The maximum absolute atomic E-state index is 11.6. The van der Waals surface area contributed by atoms with Crippen molar-refractivity contribution in [2.75, 3.05) is 26.3 Å². The second-order valence-electron chi connectivity index (χ2n) is 3.69. The quantitative estimate of drug-likeness (QED) is 0.652.